The molecule has 0 bridgehead atoms. The Balaban J connectivity index is 1.74. The predicted octanol–water partition coefficient (Wildman–Crippen LogP) is 3.45. The van der Waals surface area contributed by atoms with Crippen LogP contribution in [0.2, 0.25) is 0 Å². The van der Waals surface area contributed by atoms with Gasteiger partial charge in [0, 0.05) is 12.2 Å². The lowest BCUT2D eigenvalue weighted by Crippen LogP contribution is -2.43. The highest BCUT2D eigenvalue weighted by atomic mass is 16.5. The lowest BCUT2D eigenvalue weighted by atomic mass is 10.0. The number of aryl methyl sites for hydroxylation is 1. The molecule has 5 nitrogen and oxygen atoms in total. The van der Waals surface area contributed by atoms with Gasteiger partial charge in [-0.15, -0.1) is 0 Å². The van der Waals surface area contributed by atoms with E-state index < -0.39 is 6.10 Å². The number of carbonyl (C=O) groups is 1. The maximum Gasteiger partial charge on any atom is 0.267 e. The Morgan fingerprint density at radius 2 is 1.64 bits per heavy atom. The topological polar surface area (TPSA) is 48.0 Å². The van der Waals surface area contributed by atoms with Crippen LogP contribution in [-0.4, -0.2) is 32.8 Å². The van der Waals surface area contributed by atoms with Gasteiger partial charge in [-0.2, -0.15) is 0 Å². The molecule has 1 heterocycles. The number of hydrogen-bond acceptors (Lipinski definition) is 4. The zero-order chi connectivity index (χ0) is 17.8. The summed E-state index contributed by atoms with van der Waals surface area (Å²) >= 11 is 0. The van der Waals surface area contributed by atoms with Crippen LogP contribution in [0, 0.1) is 0 Å². The fourth-order valence-corrected chi connectivity index (χ4v) is 3.06. The molecular weight excluding hydrogens is 318 g/mol. The van der Waals surface area contributed by atoms with Crippen LogP contribution < -0.4 is 19.1 Å². The van der Waals surface area contributed by atoms with E-state index in [-0.39, 0.29) is 5.91 Å². The van der Waals surface area contributed by atoms with Crippen LogP contribution in [0.25, 0.3) is 0 Å². The molecule has 1 atom stereocenters. The first-order chi connectivity index (χ1) is 12.1. The van der Waals surface area contributed by atoms with Crippen LogP contribution in [0.4, 0.5) is 5.69 Å². The number of nitrogens with zero attached hydrogens (tertiary/aromatic N) is 1. The Bertz CT molecular complexity index is 742. The minimum atomic E-state index is -0.568. The van der Waals surface area contributed by atoms with E-state index in [0.717, 1.165) is 35.6 Å². The second-order valence-electron chi connectivity index (χ2n) is 6.02. The molecule has 0 saturated heterocycles. The summed E-state index contributed by atoms with van der Waals surface area (Å²) in [6.45, 7) is 2.48. The number of fused-ring (bicyclic) bond motifs is 1. The van der Waals surface area contributed by atoms with Crippen molar-refractivity contribution >= 4 is 11.6 Å². The average Bonchev–Trinajstić information content (AvgIpc) is 2.67. The van der Waals surface area contributed by atoms with E-state index in [1.807, 2.05) is 35.2 Å². The Morgan fingerprint density at radius 3 is 2.32 bits per heavy atom. The molecule has 1 aliphatic heterocycles. The zero-order valence-electron chi connectivity index (χ0n) is 14.8. The SMILES string of the molecule is COc1ccc(O[C@H](C)C(=O)N2CCCc3cc(OC)ccc32)cc1. The molecule has 0 fully saturated rings. The van der Waals surface area contributed by atoms with Crippen molar-refractivity contribution in [1.29, 1.82) is 0 Å². The number of carbonyl (C=O) groups excluding carboxylic acids is 1. The van der Waals surface area contributed by atoms with Crippen LogP contribution in [0.15, 0.2) is 42.5 Å². The molecule has 1 aliphatic rings. The number of methoxy groups -OCH3 is 2. The summed E-state index contributed by atoms with van der Waals surface area (Å²) in [4.78, 5) is 14.7. The Labute approximate surface area is 148 Å². The molecule has 5 heteroatoms. The van der Waals surface area contributed by atoms with Gasteiger partial charge in [0.2, 0.25) is 0 Å². The van der Waals surface area contributed by atoms with Crippen LogP contribution in [-0.2, 0) is 11.2 Å². The van der Waals surface area contributed by atoms with E-state index in [2.05, 4.69) is 0 Å². The summed E-state index contributed by atoms with van der Waals surface area (Å²) in [5.74, 6) is 2.18. The number of benzene rings is 2. The minimum Gasteiger partial charge on any atom is -0.497 e. The maximum atomic E-state index is 12.9. The van der Waals surface area contributed by atoms with Gasteiger partial charge < -0.3 is 19.1 Å². The number of hydrogen-bond donors (Lipinski definition) is 0. The third kappa shape index (κ3) is 3.71. The molecule has 132 valence electrons. The van der Waals surface area contributed by atoms with Crippen molar-refractivity contribution in [2.24, 2.45) is 0 Å². The zero-order valence-corrected chi connectivity index (χ0v) is 14.8. The Kier molecular flexibility index (Phi) is 5.12. The van der Waals surface area contributed by atoms with E-state index in [9.17, 15) is 4.79 Å². The molecule has 3 rings (SSSR count). The van der Waals surface area contributed by atoms with Gasteiger partial charge in [0.25, 0.3) is 5.91 Å². The first kappa shape index (κ1) is 17.1. The van der Waals surface area contributed by atoms with E-state index in [0.29, 0.717) is 12.3 Å². The molecule has 0 N–H and O–H groups in total. The van der Waals surface area contributed by atoms with E-state index >= 15 is 0 Å². The second kappa shape index (κ2) is 7.47. The Morgan fingerprint density at radius 1 is 1.00 bits per heavy atom. The quantitative estimate of drug-likeness (QED) is 0.836. The number of rotatable bonds is 5. The highest BCUT2D eigenvalue weighted by Gasteiger charge is 2.27. The summed E-state index contributed by atoms with van der Waals surface area (Å²) in [5.41, 5.74) is 2.08. The molecule has 0 unspecified atom stereocenters. The van der Waals surface area contributed by atoms with Crippen molar-refractivity contribution in [2.75, 3.05) is 25.7 Å². The largest absolute Gasteiger partial charge is 0.497 e. The van der Waals surface area contributed by atoms with Gasteiger partial charge in [-0.05, 0) is 67.8 Å². The van der Waals surface area contributed by atoms with Crippen molar-refractivity contribution in [3.8, 4) is 17.2 Å². The second-order valence-corrected chi connectivity index (χ2v) is 6.02. The third-order valence-electron chi connectivity index (χ3n) is 4.39. The van der Waals surface area contributed by atoms with Gasteiger partial charge in [0.1, 0.15) is 17.2 Å². The van der Waals surface area contributed by atoms with Gasteiger partial charge in [-0.25, -0.2) is 0 Å². The predicted molar refractivity (Wildman–Crippen MR) is 96.8 cm³/mol. The van der Waals surface area contributed by atoms with Crippen molar-refractivity contribution < 1.29 is 19.0 Å². The van der Waals surface area contributed by atoms with E-state index in [1.165, 1.54) is 0 Å². The smallest absolute Gasteiger partial charge is 0.267 e. The van der Waals surface area contributed by atoms with Crippen molar-refractivity contribution in [1.82, 2.24) is 0 Å². The third-order valence-corrected chi connectivity index (χ3v) is 4.39. The molecule has 0 saturated carbocycles. The van der Waals surface area contributed by atoms with Crippen LogP contribution in [0.5, 0.6) is 17.2 Å². The fraction of sp³-hybridized carbons (Fsp3) is 0.350. The summed E-state index contributed by atoms with van der Waals surface area (Å²) < 4.78 is 16.2. The normalized spacial score (nSPS) is 14.4. The lowest BCUT2D eigenvalue weighted by Gasteiger charge is -2.31. The van der Waals surface area contributed by atoms with Gasteiger partial charge >= 0.3 is 0 Å². The molecule has 0 aromatic heterocycles. The molecular formula is C20H23NO4. The monoisotopic (exact) mass is 341 g/mol. The first-order valence-corrected chi connectivity index (χ1v) is 8.41. The maximum absolute atomic E-state index is 12.9. The fourth-order valence-electron chi connectivity index (χ4n) is 3.06. The van der Waals surface area contributed by atoms with E-state index in [1.54, 1.807) is 33.3 Å². The van der Waals surface area contributed by atoms with Crippen LogP contribution in [0.3, 0.4) is 0 Å². The summed E-state index contributed by atoms with van der Waals surface area (Å²) in [5, 5.41) is 0. The standard InChI is InChI=1S/C20H23NO4/c1-14(25-17-8-6-16(23-2)7-9-17)20(22)21-12-4-5-15-13-18(24-3)10-11-19(15)21/h6-11,13-14H,4-5,12H2,1-3H3/t14-/m1/s1. The minimum absolute atomic E-state index is 0.0399. The van der Waals surface area contributed by atoms with Crippen LogP contribution in [0.1, 0.15) is 18.9 Å². The molecule has 0 aliphatic carbocycles. The molecule has 2 aromatic rings. The molecule has 0 spiro atoms. The summed E-state index contributed by atoms with van der Waals surface area (Å²) in [6, 6.07) is 13.1. The van der Waals surface area contributed by atoms with Crippen molar-refractivity contribution in [3.63, 3.8) is 0 Å². The van der Waals surface area contributed by atoms with E-state index in [4.69, 9.17) is 14.2 Å². The van der Waals surface area contributed by atoms with Gasteiger partial charge in [-0.1, -0.05) is 0 Å². The number of amides is 1. The van der Waals surface area contributed by atoms with Gasteiger partial charge in [0.05, 0.1) is 14.2 Å². The highest BCUT2D eigenvalue weighted by molar-refractivity contribution is 5.97. The average molecular weight is 341 g/mol. The van der Waals surface area contributed by atoms with Gasteiger partial charge in [-0.3, -0.25) is 4.79 Å². The lowest BCUT2D eigenvalue weighted by molar-refractivity contribution is -0.124. The van der Waals surface area contributed by atoms with Crippen molar-refractivity contribution in [2.45, 2.75) is 25.9 Å². The molecule has 0 radical (unpaired) electrons. The molecule has 25 heavy (non-hydrogen) atoms. The van der Waals surface area contributed by atoms with Crippen LogP contribution >= 0.6 is 0 Å². The summed E-state index contributed by atoms with van der Waals surface area (Å²) in [7, 11) is 3.27. The number of ether oxygens (including phenoxy) is 3. The highest BCUT2D eigenvalue weighted by Crippen LogP contribution is 2.31. The molecule has 1 amide bonds. The van der Waals surface area contributed by atoms with Crippen molar-refractivity contribution in [3.05, 3.63) is 48.0 Å². The number of anilines is 1. The van der Waals surface area contributed by atoms with Gasteiger partial charge in [0.15, 0.2) is 6.10 Å². The molecule has 2 aromatic carbocycles. The summed E-state index contributed by atoms with van der Waals surface area (Å²) in [6.07, 6.45) is 1.31. The first-order valence-electron chi connectivity index (χ1n) is 8.41. The Hall–Kier alpha value is -2.69.